The summed E-state index contributed by atoms with van der Waals surface area (Å²) in [5.41, 5.74) is 0.902. The lowest BCUT2D eigenvalue weighted by Gasteiger charge is -2.23. The first-order chi connectivity index (χ1) is 13.0. The second-order valence-corrected chi connectivity index (χ2v) is 7.04. The molecule has 0 bridgehead atoms. The highest BCUT2D eigenvalue weighted by Gasteiger charge is 2.24. The number of nitro groups is 1. The summed E-state index contributed by atoms with van der Waals surface area (Å²) < 4.78 is 5.50. The minimum Gasteiger partial charge on any atom is -0.464 e. The number of hydrogen-bond donors (Lipinski definition) is 0. The van der Waals surface area contributed by atoms with Crippen molar-refractivity contribution in [1.29, 1.82) is 0 Å². The Bertz CT molecular complexity index is 822. The Balaban J connectivity index is 1.82. The van der Waals surface area contributed by atoms with Crippen molar-refractivity contribution >= 4 is 17.3 Å². The van der Waals surface area contributed by atoms with Crippen LogP contribution < -0.4 is 4.90 Å². The Hall–Kier alpha value is -2.83. The van der Waals surface area contributed by atoms with Crippen molar-refractivity contribution in [3.8, 4) is 0 Å². The maximum atomic E-state index is 12.7. The molecule has 7 heteroatoms. The summed E-state index contributed by atoms with van der Waals surface area (Å²) in [7, 11) is 1.66. The molecule has 1 saturated heterocycles. The zero-order chi connectivity index (χ0) is 19.4. The number of rotatable bonds is 5. The molecule has 1 aliphatic heterocycles. The fourth-order valence-corrected chi connectivity index (χ4v) is 3.48. The predicted octanol–water partition coefficient (Wildman–Crippen LogP) is 4.15. The summed E-state index contributed by atoms with van der Waals surface area (Å²) in [5.74, 6) is 1.19. The van der Waals surface area contributed by atoms with Crippen LogP contribution in [0.25, 0.3) is 0 Å². The molecule has 3 rings (SSSR count). The molecule has 1 fully saturated rings. The van der Waals surface area contributed by atoms with E-state index in [2.05, 4.69) is 4.90 Å². The van der Waals surface area contributed by atoms with Crippen LogP contribution in [0.3, 0.4) is 0 Å². The highest BCUT2D eigenvalue weighted by Crippen LogP contribution is 2.31. The topological polar surface area (TPSA) is 79.8 Å². The minimum absolute atomic E-state index is 0.00927. The molecule has 0 spiro atoms. The molecule has 0 unspecified atom stereocenters. The highest BCUT2D eigenvalue weighted by atomic mass is 16.6. The van der Waals surface area contributed by atoms with Gasteiger partial charge in [-0.15, -0.1) is 0 Å². The van der Waals surface area contributed by atoms with Crippen molar-refractivity contribution in [2.75, 3.05) is 25.0 Å². The Morgan fingerprint density at radius 1 is 1.19 bits per heavy atom. The summed E-state index contributed by atoms with van der Waals surface area (Å²) in [6, 6.07) is 8.45. The summed E-state index contributed by atoms with van der Waals surface area (Å²) >= 11 is 0. The standard InChI is InChI=1S/C20H25N3O4/c1-15-7-9-17(27-15)14-21(2)20(24)16-8-10-18(19(13-16)23(25)26)22-11-5-3-4-6-12-22/h7-10,13H,3-6,11-12,14H2,1-2H3. The molecule has 0 N–H and O–H groups in total. The number of nitro benzene ring substituents is 1. The number of anilines is 1. The smallest absolute Gasteiger partial charge is 0.293 e. The summed E-state index contributed by atoms with van der Waals surface area (Å²) in [6.45, 7) is 3.78. The van der Waals surface area contributed by atoms with Crippen molar-refractivity contribution in [2.24, 2.45) is 0 Å². The van der Waals surface area contributed by atoms with Crippen LogP contribution in [0.5, 0.6) is 0 Å². The lowest BCUT2D eigenvalue weighted by Crippen LogP contribution is -2.27. The molecule has 1 aromatic carbocycles. The SMILES string of the molecule is Cc1ccc(CN(C)C(=O)c2ccc(N3CCCCCC3)c([N+](=O)[O-])c2)o1. The van der Waals surface area contributed by atoms with Gasteiger partial charge in [-0.05, 0) is 44.0 Å². The molecule has 1 amide bonds. The molecule has 2 heterocycles. The van der Waals surface area contributed by atoms with Crippen LogP contribution in [-0.2, 0) is 6.54 Å². The van der Waals surface area contributed by atoms with Crippen LogP contribution in [0.15, 0.2) is 34.7 Å². The number of carbonyl (C=O) groups is 1. The fourth-order valence-electron chi connectivity index (χ4n) is 3.48. The first-order valence-electron chi connectivity index (χ1n) is 9.30. The van der Waals surface area contributed by atoms with Crippen molar-refractivity contribution in [1.82, 2.24) is 4.90 Å². The number of furan rings is 1. The normalized spacial score (nSPS) is 14.7. The van der Waals surface area contributed by atoms with E-state index in [1.807, 2.05) is 19.1 Å². The largest absolute Gasteiger partial charge is 0.464 e. The third-order valence-electron chi connectivity index (χ3n) is 4.90. The molecule has 1 aliphatic rings. The molecule has 27 heavy (non-hydrogen) atoms. The maximum Gasteiger partial charge on any atom is 0.293 e. The number of carbonyl (C=O) groups excluding carboxylic acids is 1. The summed E-state index contributed by atoms with van der Waals surface area (Å²) in [5, 5.41) is 11.6. The zero-order valence-electron chi connectivity index (χ0n) is 15.8. The van der Waals surface area contributed by atoms with E-state index < -0.39 is 4.92 Å². The highest BCUT2D eigenvalue weighted by molar-refractivity contribution is 5.95. The molecular weight excluding hydrogens is 346 g/mol. The van der Waals surface area contributed by atoms with E-state index in [1.54, 1.807) is 19.2 Å². The van der Waals surface area contributed by atoms with Gasteiger partial charge >= 0.3 is 0 Å². The second kappa shape index (κ2) is 8.24. The average Bonchev–Trinajstić information content (AvgIpc) is 2.89. The Kier molecular flexibility index (Phi) is 5.78. The monoisotopic (exact) mass is 371 g/mol. The van der Waals surface area contributed by atoms with E-state index in [1.165, 1.54) is 11.0 Å². The Labute approximate surface area is 158 Å². The number of benzene rings is 1. The summed E-state index contributed by atoms with van der Waals surface area (Å²) in [6.07, 6.45) is 4.36. The number of aryl methyl sites for hydroxylation is 1. The van der Waals surface area contributed by atoms with Gasteiger partial charge in [-0.3, -0.25) is 14.9 Å². The molecular formula is C20H25N3O4. The molecule has 0 saturated carbocycles. The Morgan fingerprint density at radius 2 is 1.89 bits per heavy atom. The fraction of sp³-hybridized carbons (Fsp3) is 0.450. The van der Waals surface area contributed by atoms with Crippen molar-refractivity contribution in [3.63, 3.8) is 0 Å². The van der Waals surface area contributed by atoms with Gasteiger partial charge in [-0.25, -0.2) is 0 Å². The van der Waals surface area contributed by atoms with Crippen LogP contribution in [-0.4, -0.2) is 35.9 Å². The Morgan fingerprint density at radius 3 is 2.48 bits per heavy atom. The van der Waals surface area contributed by atoms with Crippen LogP contribution in [0.2, 0.25) is 0 Å². The maximum absolute atomic E-state index is 12.7. The van der Waals surface area contributed by atoms with E-state index >= 15 is 0 Å². The van der Waals surface area contributed by atoms with E-state index in [9.17, 15) is 14.9 Å². The van der Waals surface area contributed by atoms with E-state index in [-0.39, 0.29) is 11.6 Å². The van der Waals surface area contributed by atoms with Crippen molar-refractivity contribution in [2.45, 2.75) is 39.2 Å². The molecule has 7 nitrogen and oxygen atoms in total. The predicted molar refractivity (Wildman–Crippen MR) is 103 cm³/mol. The van der Waals surface area contributed by atoms with Gasteiger partial charge in [-0.1, -0.05) is 12.8 Å². The van der Waals surface area contributed by atoms with Crippen LogP contribution in [0.1, 0.15) is 47.6 Å². The first kappa shape index (κ1) is 18.9. The molecule has 144 valence electrons. The quantitative estimate of drug-likeness (QED) is 0.583. The van der Waals surface area contributed by atoms with Crippen molar-refractivity contribution in [3.05, 3.63) is 57.5 Å². The molecule has 1 aromatic heterocycles. The third kappa shape index (κ3) is 4.48. The van der Waals surface area contributed by atoms with E-state index in [4.69, 9.17) is 4.42 Å². The average molecular weight is 371 g/mol. The van der Waals surface area contributed by atoms with Gasteiger partial charge in [0.15, 0.2) is 0 Å². The van der Waals surface area contributed by atoms with Gasteiger partial charge in [-0.2, -0.15) is 0 Å². The van der Waals surface area contributed by atoms with E-state index in [0.29, 0.717) is 23.6 Å². The number of hydrogen-bond acceptors (Lipinski definition) is 5. The van der Waals surface area contributed by atoms with Gasteiger partial charge < -0.3 is 14.2 Å². The molecule has 0 radical (unpaired) electrons. The summed E-state index contributed by atoms with van der Waals surface area (Å²) in [4.78, 5) is 27.5. The van der Waals surface area contributed by atoms with Crippen LogP contribution in [0, 0.1) is 17.0 Å². The van der Waals surface area contributed by atoms with Gasteiger partial charge in [0.25, 0.3) is 11.6 Å². The molecule has 0 atom stereocenters. The third-order valence-corrected chi connectivity index (χ3v) is 4.90. The molecule has 2 aromatic rings. The number of nitrogens with zero attached hydrogens (tertiary/aromatic N) is 3. The number of amides is 1. The van der Waals surface area contributed by atoms with Crippen LogP contribution in [0.4, 0.5) is 11.4 Å². The first-order valence-corrected chi connectivity index (χ1v) is 9.30. The van der Waals surface area contributed by atoms with Crippen molar-refractivity contribution < 1.29 is 14.1 Å². The van der Waals surface area contributed by atoms with Gasteiger partial charge in [0, 0.05) is 31.8 Å². The lowest BCUT2D eigenvalue weighted by atomic mass is 10.1. The van der Waals surface area contributed by atoms with E-state index in [0.717, 1.165) is 44.5 Å². The minimum atomic E-state index is -0.396. The van der Waals surface area contributed by atoms with Gasteiger partial charge in [0.05, 0.1) is 11.5 Å². The van der Waals surface area contributed by atoms with Gasteiger partial charge in [0.2, 0.25) is 0 Å². The van der Waals surface area contributed by atoms with Crippen LogP contribution >= 0.6 is 0 Å². The lowest BCUT2D eigenvalue weighted by molar-refractivity contribution is -0.384. The van der Waals surface area contributed by atoms with Gasteiger partial charge in [0.1, 0.15) is 17.2 Å². The zero-order valence-corrected chi connectivity index (χ0v) is 15.8. The molecule has 0 aliphatic carbocycles. The second-order valence-electron chi connectivity index (χ2n) is 7.04.